The Morgan fingerprint density at radius 1 is 0.857 bits per heavy atom. The van der Waals surface area contributed by atoms with Gasteiger partial charge in [-0.1, -0.05) is 60.7 Å². The van der Waals surface area contributed by atoms with E-state index in [0.29, 0.717) is 12.2 Å². The highest BCUT2D eigenvalue weighted by molar-refractivity contribution is 7.98. The molecule has 35 heavy (non-hydrogen) atoms. The molecule has 0 spiro atoms. The van der Waals surface area contributed by atoms with Crippen LogP contribution < -0.4 is 21.7 Å². The maximum Gasteiger partial charge on any atom is 0.326 e. The van der Waals surface area contributed by atoms with E-state index in [1.54, 1.807) is 24.3 Å². The van der Waals surface area contributed by atoms with E-state index in [-0.39, 0.29) is 19.4 Å². The standard InChI is InChI=1S/C25H32N4O5S/c1-35-13-12-20(25(33)34)29-24(32)21(15-18-10-6-3-7-11-18)28-22(30)16-27-23(31)19(26)14-17-8-4-2-5-9-17/h2-11,19-21H,12-16,26H2,1H3,(H,27,31)(H,28,30)(H,29,32)(H,33,34). The number of benzene rings is 2. The van der Waals surface area contributed by atoms with Crippen LogP contribution >= 0.6 is 11.8 Å². The number of hydrogen-bond donors (Lipinski definition) is 5. The average molecular weight is 501 g/mol. The molecule has 0 heterocycles. The van der Waals surface area contributed by atoms with E-state index in [1.807, 2.05) is 42.7 Å². The molecule has 0 aliphatic rings. The first-order chi connectivity index (χ1) is 16.8. The van der Waals surface area contributed by atoms with E-state index in [0.717, 1.165) is 11.1 Å². The fourth-order valence-electron chi connectivity index (χ4n) is 3.33. The molecule has 0 aliphatic heterocycles. The van der Waals surface area contributed by atoms with Gasteiger partial charge >= 0.3 is 5.97 Å². The minimum Gasteiger partial charge on any atom is -0.480 e. The molecule has 3 amide bonds. The third kappa shape index (κ3) is 10.2. The van der Waals surface area contributed by atoms with Gasteiger partial charge in [0.2, 0.25) is 17.7 Å². The van der Waals surface area contributed by atoms with Crippen LogP contribution in [0.5, 0.6) is 0 Å². The van der Waals surface area contributed by atoms with E-state index in [2.05, 4.69) is 16.0 Å². The number of thioether (sulfide) groups is 1. The number of amides is 3. The van der Waals surface area contributed by atoms with E-state index >= 15 is 0 Å². The highest BCUT2D eigenvalue weighted by atomic mass is 32.2. The van der Waals surface area contributed by atoms with Crippen molar-refractivity contribution in [3.63, 3.8) is 0 Å². The monoisotopic (exact) mass is 500 g/mol. The normalized spacial score (nSPS) is 13.2. The van der Waals surface area contributed by atoms with Gasteiger partial charge in [-0.05, 0) is 36.0 Å². The van der Waals surface area contributed by atoms with E-state index in [1.165, 1.54) is 11.8 Å². The largest absolute Gasteiger partial charge is 0.480 e. The summed E-state index contributed by atoms with van der Waals surface area (Å²) in [6.07, 6.45) is 2.58. The summed E-state index contributed by atoms with van der Waals surface area (Å²) >= 11 is 1.47. The lowest BCUT2D eigenvalue weighted by molar-refractivity contribution is -0.142. The van der Waals surface area contributed by atoms with E-state index < -0.39 is 41.8 Å². The number of carbonyl (C=O) groups excluding carboxylic acids is 3. The third-order valence-corrected chi connectivity index (χ3v) is 5.86. The van der Waals surface area contributed by atoms with Crippen molar-refractivity contribution in [2.75, 3.05) is 18.6 Å². The molecule has 0 saturated heterocycles. The molecular formula is C25H32N4O5S. The molecule has 2 rings (SSSR count). The van der Waals surface area contributed by atoms with Gasteiger partial charge in [-0.15, -0.1) is 0 Å². The molecule has 6 N–H and O–H groups in total. The lowest BCUT2D eigenvalue weighted by atomic mass is 10.0. The number of rotatable bonds is 14. The predicted molar refractivity (Wildman–Crippen MR) is 136 cm³/mol. The zero-order chi connectivity index (χ0) is 25.6. The molecular weight excluding hydrogens is 468 g/mol. The lowest BCUT2D eigenvalue weighted by Gasteiger charge is -2.22. The van der Waals surface area contributed by atoms with Gasteiger partial charge in [0.15, 0.2) is 0 Å². The van der Waals surface area contributed by atoms with Crippen molar-refractivity contribution in [2.45, 2.75) is 37.4 Å². The van der Waals surface area contributed by atoms with Crippen LogP contribution in [0, 0.1) is 0 Å². The average Bonchev–Trinajstić information content (AvgIpc) is 2.85. The fourth-order valence-corrected chi connectivity index (χ4v) is 3.80. The summed E-state index contributed by atoms with van der Waals surface area (Å²) in [7, 11) is 0. The van der Waals surface area contributed by atoms with Gasteiger partial charge < -0.3 is 26.8 Å². The third-order valence-electron chi connectivity index (χ3n) is 5.22. The number of nitrogens with one attached hydrogen (secondary N) is 3. The van der Waals surface area contributed by atoms with Crippen LogP contribution in [-0.4, -0.2) is 65.5 Å². The molecule has 0 aromatic heterocycles. The van der Waals surface area contributed by atoms with Crippen molar-refractivity contribution >= 4 is 35.5 Å². The van der Waals surface area contributed by atoms with E-state index in [9.17, 15) is 24.3 Å². The number of carboxylic acid groups (broad SMARTS) is 1. The van der Waals surface area contributed by atoms with Crippen molar-refractivity contribution in [1.29, 1.82) is 0 Å². The Kier molecular flexibility index (Phi) is 11.8. The van der Waals surface area contributed by atoms with Gasteiger partial charge in [0.25, 0.3) is 0 Å². The number of carbonyl (C=O) groups is 4. The molecule has 10 heteroatoms. The summed E-state index contributed by atoms with van der Waals surface area (Å²) in [5.41, 5.74) is 7.63. The first kappa shape index (κ1) is 27.9. The summed E-state index contributed by atoms with van der Waals surface area (Å²) < 4.78 is 0. The molecule has 3 unspecified atom stereocenters. The summed E-state index contributed by atoms with van der Waals surface area (Å²) in [5, 5.41) is 17.0. The van der Waals surface area contributed by atoms with Crippen LogP contribution in [0.1, 0.15) is 17.5 Å². The molecule has 9 nitrogen and oxygen atoms in total. The Bertz CT molecular complexity index is 974. The Morgan fingerprint density at radius 3 is 1.97 bits per heavy atom. The van der Waals surface area contributed by atoms with Gasteiger partial charge in [0.1, 0.15) is 12.1 Å². The Morgan fingerprint density at radius 2 is 1.43 bits per heavy atom. The highest BCUT2D eigenvalue weighted by Crippen LogP contribution is 2.06. The van der Waals surface area contributed by atoms with Gasteiger partial charge in [0, 0.05) is 6.42 Å². The van der Waals surface area contributed by atoms with Crippen LogP contribution in [-0.2, 0) is 32.0 Å². The minimum atomic E-state index is -1.14. The summed E-state index contributed by atoms with van der Waals surface area (Å²) in [5.74, 6) is -2.27. The second-order valence-corrected chi connectivity index (χ2v) is 8.99. The molecule has 0 aliphatic carbocycles. The van der Waals surface area contributed by atoms with Crippen LogP contribution in [0.15, 0.2) is 60.7 Å². The maximum absolute atomic E-state index is 12.9. The Labute approximate surface area is 209 Å². The van der Waals surface area contributed by atoms with E-state index in [4.69, 9.17) is 5.73 Å². The summed E-state index contributed by atoms with van der Waals surface area (Å²) in [4.78, 5) is 49.3. The Hall–Kier alpha value is -3.37. The zero-order valence-electron chi connectivity index (χ0n) is 19.6. The fraction of sp³-hybridized carbons (Fsp3) is 0.360. The van der Waals surface area contributed by atoms with Crippen LogP contribution in [0.2, 0.25) is 0 Å². The second kappa shape index (κ2) is 14.8. The molecule has 0 bridgehead atoms. The van der Waals surface area contributed by atoms with Gasteiger partial charge in [0.05, 0.1) is 12.6 Å². The summed E-state index contributed by atoms with van der Waals surface area (Å²) in [6, 6.07) is 15.4. The first-order valence-electron chi connectivity index (χ1n) is 11.2. The molecule has 2 aromatic rings. The highest BCUT2D eigenvalue weighted by Gasteiger charge is 2.27. The quantitative estimate of drug-likeness (QED) is 0.256. The lowest BCUT2D eigenvalue weighted by Crippen LogP contribution is -2.54. The molecule has 0 fully saturated rings. The zero-order valence-corrected chi connectivity index (χ0v) is 20.4. The van der Waals surface area contributed by atoms with Crippen LogP contribution in [0.25, 0.3) is 0 Å². The maximum atomic E-state index is 12.9. The van der Waals surface area contributed by atoms with Crippen LogP contribution in [0.3, 0.4) is 0 Å². The molecule has 0 radical (unpaired) electrons. The summed E-state index contributed by atoms with van der Waals surface area (Å²) in [6.45, 7) is -0.366. The predicted octanol–water partition coefficient (Wildman–Crippen LogP) is 0.723. The van der Waals surface area contributed by atoms with Crippen molar-refractivity contribution in [3.8, 4) is 0 Å². The number of aliphatic carboxylic acids is 1. The van der Waals surface area contributed by atoms with Crippen LogP contribution in [0.4, 0.5) is 0 Å². The van der Waals surface area contributed by atoms with Crippen molar-refractivity contribution in [3.05, 3.63) is 71.8 Å². The molecule has 188 valence electrons. The number of carboxylic acids is 1. The molecule has 2 aromatic carbocycles. The smallest absolute Gasteiger partial charge is 0.326 e. The minimum absolute atomic E-state index is 0.161. The number of hydrogen-bond acceptors (Lipinski definition) is 6. The van der Waals surface area contributed by atoms with Gasteiger partial charge in [-0.2, -0.15) is 11.8 Å². The topological polar surface area (TPSA) is 151 Å². The van der Waals surface area contributed by atoms with Crippen molar-refractivity contribution < 1.29 is 24.3 Å². The van der Waals surface area contributed by atoms with Gasteiger partial charge in [-0.25, -0.2) is 4.79 Å². The molecule has 3 atom stereocenters. The second-order valence-electron chi connectivity index (χ2n) is 8.00. The van der Waals surface area contributed by atoms with Gasteiger partial charge in [-0.3, -0.25) is 14.4 Å². The first-order valence-corrected chi connectivity index (χ1v) is 12.6. The number of nitrogens with two attached hydrogens (primary N) is 1. The Balaban J connectivity index is 1.98. The van der Waals surface area contributed by atoms with Crippen molar-refractivity contribution in [1.82, 2.24) is 16.0 Å². The molecule has 0 saturated carbocycles. The van der Waals surface area contributed by atoms with Crippen molar-refractivity contribution in [2.24, 2.45) is 5.73 Å². The SMILES string of the molecule is CSCCC(NC(=O)C(Cc1ccccc1)NC(=O)CNC(=O)C(N)Cc1ccccc1)C(=O)O.